The Balaban J connectivity index is 2.65. The second-order valence-corrected chi connectivity index (χ2v) is 5.76. The lowest BCUT2D eigenvalue weighted by molar-refractivity contribution is -0.134. The fraction of sp³-hybridized carbons (Fsp3) is 0.100. The van der Waals surface area contributed by atoms with Gasteiger partial charge in [-0.1, -0.05) is 0 Å². The molecule has 9 heteroatoms. The maximum absolute atomic E-state index is 11.7. The summed E-state index contributed by atoms with van der Waals surface area (Å²) in [5.41, 5.74) is -1.41. The minimum Gasteiger partial charge on any atom is -0.480 e. The molecule has 0 saturated heterocycles. The van der Waals surface area contributed by atoms with Crippen molar-refractivity contribution in [3.63, 3.8) is 0 Å². The lowest BCUT2D eigenvalue weighted by Crippen LogP contribution is -2.29. The molecule has 0 amide bonds. The normalized spacial score (nSPS) is 11.6. The zero-order chi connectivity index (χ0) is 14.2. The Morgan fingerprint density at radius 1 is 1.11 bits per heavy atom. The molecule has 1 aromatic heterocycles. The molecule has 19 heavy (non-hydrogen) atoms. The van der Waals surface area contributed by atoms with Gasteiger partial charge in [-0.2, -0.15) is 0 Å². The molecule has 3 N–H and O–H groups in total. The highest BCUT2D eigenvalue weighted by atomic mass is 32.2. The maximum atomic E-state index is 11.7. The van der Waals surface area contributed by atoms with E-state index in [4.69, 9.17) is 5.11 Å². The minimum absolute atomic E-state index is 0.107. The quantitative estimate of drug-likeness (QED) is 0.623. The first kappa shape index (κ1) is 13.0. The smallest absolute Gasteiger partial charge is 0.319 e. The van der Waals surface area contributed by atoms with Gasteiger partial charge in [0.1, 0.15) is 0 Å². The number of carboxylic acid groups (broad SMARTS) is 1. The van der Waals surface area contributed by atoms with Crippen molar-refractivity contribution in [2.45, 2.75) is 4.90 Å². The summed E-state index contributed by atoms with van der Waals surface area (Å²) in [5.74, 6) is -2.53. The van der Waals surface area contributed by atoms with Crippen LogP contribution in [0.15, 0.2) is 32.7 Å². The Hall–Kier alpha value is -2.42. The van der Waals surface area contributed by atoms with E-state index in [1.165, 1.54) is 6.07 Å². The van der Waals surface area contributed by atoms with E-state index in [1.54, 1.807) is 0 Å². The number of aromatic amines is 2. The molecular formula is C10H8N2O6S. The third-order valence-electron chi connectivity index (χ3n) is 2.37. The van der Waals surface area contributed by atoms with Gasteiger partial charge >= 0.3 is 17.1 Å². The molecule has 0 saturated carbocycles. The third-order valence-corrected chi connectivity index (χ3v) is 3.97. The Bertz CT molecular complexity index is 877. The summed E-state index contributed by atoms with van der Waals surface area (Å²) in [6.45, 7) is 0. The van der Waals surface area contributed by atoms with Gasteiger partial charge in [0.25, 0.3) is 0 Å². The summed E-state index contributed by atoms with van der Waals surface area (Å²) in [5, 5.41) is 8.52. The van der Waals surface area contributed by atoms with Crippen LogP contribution in [-0.4, -0.2) is 35.2 Å². The molecule has 100 valence electrons. The predicted molar refractivity (Wildman–Crippen MR) is 64.9 cm³/mol. The van der Waals surface area contributed by atoms with Crippen molar-refractivity contribution in [2.24, 2.45) is 0 Å². The maximum Gasteiger partial charge on any atom is 0.319 e. The Kier molecular flexibility index (Phi) is 2.98. The van der Waals surface area contributed by atoms with Gasteiger partial charge < -0.3 is 15.1 Å². The summed E-state index contributed by atoms with van der Waals surface area (Å²) in [4.78, 5) is 36.9. The first-order chi connectivity index (χ1) is 8.79. The molecule has 2 rings (SSSR count). The Labute approximate surface area is 105 Å². The number of H-pyrrole nitrogens is 2. The number of sulfone groups is 1. The van der Waals surface area contributed by atoms with Crippen LogP contribution in [0, 0.1) is 0 Å². The van der Waals surface area contributed by atoms with E-state index in [0.717, 1.165) is 12.1 Å². The van der Waals surface area contributed by atoms with Crippen LogP contribution < -0.4 is 11.1 Å². The zero-order valence-electron chi connectivity index (χ0n) is 9.34. The van der Waals surface area contributed by atoms with Crippen LogP contribution in [0.2, 0.25) is 0 Å². The van der Waals surface area contributed by atoms with Crippen LogP contribution in [0.3, 0.4) is 0 Å². The molecule has 1 heterocycles. The van der Waals surface area contributed by atoms with Crippen molar-refractivity contribution >= 4 is 26.8 Å². The van der Waals surface area contributed by atoms with E-state index in [-0.39, 0.29) is 15.9 Å². The van der Waals surface area contributed by atoms with Crippen molar-refractivity contribution in [3.8, 4) is 0 Å². The summed E-state index contributed by atoms with van der Waals surface area (Å²) >= 11 is 0. The fourth-order valence-electron chi connectivity index (χ4n) is 1.53. The molecular weight excluding hydrogens is 276 g/mol. The van der Waals surface area contributed by atoms with Crippen LogP contribution in [0.1, 0.15) is 0 Å². The summed E-state index contributed by atoms with van der Waals surface area (Å²) < 4.78 is 23.4. The second-order valence-electron chi connectivity index (χ2n) is 3.77. The number of nitrogens with one attached hydrogen (secondary N) is 2. The monoisotopic (exact) mass is 284 g/mol. The van der Waals surface area contributed by atoms with Gasteiger partial charge in [0.2, 0.25) is 0 Å². The van der Waals surface area contributed by atoms with Gasteiger partial charge in [0, 0.05) is 0 Å². The van der Waals surface area contributed by atoms with Crippen LogP contribution in [-0.2, 0) is 14.6 Å². The highest BCUT2D eigenvalue weighted by Crippen LogP contribution is 2.15. The standard InChI is InChI=1S/C10H8N2O6S/c13-8(14)4-19(17,18)5-1-2-6-7(3-5)12-10(16)9(15)11-6/h1-3H,4H2,(H,11,15)(H,12,16)(H,13,14). The molecule has 2 aromatic rings. The van der Waals surface area contributed by atoms with Gasteiger partial charge in [-0.25, -0.2) is 8.42 Å². The average molecular weight is 284 g/mol. The van der Waals surface area contributed by atoms with Crippen molar-refractivity contribution in [3.05, 3.63) is 38.9 Å². The topological polar surface area (TPSA) is 137 Å². The predicted octanol–water partition coefficient (Wildman–Crippen LogP) is -0.925. The van der Waals surface area contributed by atoms with Gasteiger partial charge in [0.15, 0.2) is 15.6 Å². The molecule has 0 aliphatic rings. The molecule has 0 spiro atoms. The summed E-state index contributed by atoms with van der Waals surface area (Å²) in [7, 11) is -3.99. The Morgan fingerprint density at radius 3 is 2.26 bits per heavy atom. The first-order valence-electron chi connectivity index (χ1n) is 5.00. The van der Waals surface area contributed by atoms with E-state index in [0.29, 0.717) is 0 Å². The number of benzene rings is 1. The molecule has 1 aromatic carbocycles. The second kappa shape index (κ2) is 4.35. The van der Waals surface area contributed by atoms with E-state index < -0.39 is 32.7 Å². The van der Waals surface area contributed by atoms with Crippen LogP contribution in [0.25, 0.3) is 11.0 Å². The van der Waals surface area contributed by atoms with E-state index in [1.807, 2.05) is 0 Å². The molecule has 0 aliphatic carbocycles. The largest absolute Gasteiger partial charge is 0.480 e. The average Bonchev–Trinajstić information content (AvgIpc) is 2.28. The van der Waals surface area contributed by atoms with Crippen molar-refractivity contribution in [1.29, 1.82) is 0 Å². The van der Waals surface area contributed by atoms with Crippen LogP contribution in [0.5, 0.6) is 0 Å². The highest BCUT2D eigenvalue weighted by Gasteiger charge is 2.19. The number of fused-ring (bicyclic) bond motifs is 1. The number of aliphatic carboxylic acids is 1. The SMILES string of the molecule is O=C(O)CS(=O)(=O)c1ccc2[nH]c(=O)c(=O)[nH]c2c1. The van der Waals surface area contributed by atoms with Gasteiger partial charge in [-0.05, 0) is 18.2 Å². The third kappa shape index (κ3) is 2.55. The van der Waals surface area contributed by atoms with Gasteiger partial charge in [-0.15, -0.1) is 0 Å². The summed E-state index contributed by atoms with van der Waals surface area (Å²) in [6.07, 6.45) is 0. The minimum atomic E-state index is -3.99. The number of rotatable bonds is 3. The molecule has 0 atom stereocenters. The zero-order valence-corrected chi connectivity index (χ0v) is 10.2. The number of carbonyl (C=O) groups is 1. The lowest BCUT2D eigenvalue weighted by Gasteiger charge is -2.03. The number of aromatic nitrogens is 2. The van der Waals surface area contributed by atoms with E-state index in [9.17, 15) is 22.8 Å². The lowest BCUT2D eigenvalue weighted by atomic mass is 10.3. The number of hydrogen-bond acceptors (Lipinski definition) is 5. The van der Waals surface area contributed by atoms with Crippen LogP contribution >= 0.6 is 0 Å². The van der Waals surface area contributed by atoms with E-state index in [2.05, 4.69) is 9.97 Å². The molecule has 0 unspecified atom stereocenters. The number of hydrogen-bond donors (Lipinski definition) is 3. The molecule has 8 nitrogen and oxygen atoms in total. The molecule has 0 bridgehead atoms. The van der Waals surface area contributed by atoms with Crippen molar-refractivity contribution < 1.29 is 18.3 Å². The van der Waals surface area contributed by atoms with E-state index >= 15 is 0 Å². The highest BCUT2D eigenvalue weighted by molar-refractivity contribution is 7.92. The molecule has 0 aliphatic heterocycles. The Morgan fingerprint density at radius 2 is 1.68 bits per heavy atom. The van der Waals surface area contributed by atoms with Crippen molar-refractivity contribution in [2.75, 3.05) is 5.75 Å². The fourth-order valence-corrected chi connectivity index (χ4v) is 2.60. The summed E-state index contributed by atoms with van der Waals surface area (Å²) in [6, 6.07) is 3.54. The van der Waals surface area contributed by atoms with Crippen LogP contribution in [0.4, 0.5) is 0 Å². The molecule has 0 radical (unpaired) electrons. The number of carboxylic acids is 1. The molecule has 0 fully saturated rings. The van der Waals surface area contributed by atoms with Gasteiger partial charge in [-0.3, -0.25) is 14.4 Å². The van der Waals surface area contributed by atoms with Gasteiger partial charge in [0.05, 0.1) is 15.9 Å². The van der Waals surface area contributed by atoms with Crippen molar-refractivity contribution in [1.82, 2.24) is 9.97 Å². The first-order valence-corrected chi connectivity index (χ1v) is 6.66.